The second kappa shape index (κ2) is 5.30. The zero-order valence-electron chi connectivity index (χ0n) is 12.0. The third-order valence-electron chi connectivity index (χ3n) is 3.62. The highest BCUT2D eigenvalue weighted by atomic mass is 32.1. The van der Waals surface area contributed by atoms with Crippen LogP contribution in [0.1, 0.15) is 25.3 Å². The molecular formula is C17H16N2OS. The molecule has 0 saturated carbocycles. The lowest BCUT2D eigenvalue weighted by Gasteiger charge is -2.10. The lowest BCUT2D eigenvalue weighted by Crippen LogP contribution is -2.20. The first kappa shape index (κ1) is 13.8. The highest BCUT2D eigenvalue weighted by Gasteiger charge is 2.07. The number of para-hydroxylation sites is 1. The molecule has 3 aromatic rings. The number of H-pyrrole nitrogens is 1. The number of rotatable bonds is 2. The van der Waals surface area contributed by atoms with E-state index in [4.69, 9.17) is 12.2 Å². The molecule has 1 aromatic heterocycles. The Hall–Kier alpha value is -2.20. The monoisotopic (exact) mass is 296 g/mol. The van der Waals surface area contributed by atoms with Crippen molar-refractivity contribution < 1.29 is 0 Å². The number of aromatic nitrogens is 2. The van der Waals surface area contributed by atoms with E-state index >= 15 is 0 Å². The Kier molecular flexibility index (Phi) is 3.47. The van der Waals surface area contributed by atoms with Crippen molar-refractivity contribution in [1.29, 1.82) is 0 Å². The Balaban J connectivity index is 2.25. The number of benzene rings is 2. The van der Waals surface area contributed by atoms with E-state index in [2.05, 4.69) is 18.8 Å². The molecule has 4 heteroatoms. The molecule has 0 aliphatic heterocycles. The summed E-state index contributed by atoms with van der Waals surface area (Å²) >= 11 is 5.34. The normalized spacial score (nSPS) is 11.2. The van der Waals surface area contributed by atoms with Crippen molar-refractivity contribution in [2.24, 2.45) is 0 Å². The average Bonchev–Trinajstić information content (AvgIpc) is 2.48. The summed E-state index contributed by atoms with van der Waals surface area (Å²) in [7, 11) is 0. The van der Waals surface area contributed by atoms with Gasteiger partial charge in [0.2, 0.25) is 0 Å². The summed E-state index contributed by atoms with van der Waals surface area (Å²) in [6, 6.07) is 15.4. The number of nitrogens with zero attached hydrogens (tertiary/aromatic N) is 1. The van der Waals surface area contributed by atoms with E-state index < -0.39 is 0 Å². The van der Waals surface area contributed by atoms with Gasteiger partial charge < -0.3 is 4.98 Å². The predicted octanol–water partition coefficient (Wildman–Crippen LogP) is 4.17. The number of nitrogens with one attached hydrogen (secondary N) is 1. The molecule has 0 bridgehead atoms. The molecule has 0 fully saturated rings. The standard InChI is InChI=1S/C17H16N2OS/c1-11(2)12-7-9-13(10-8-12)19-16(20)14-5-3-4-6-15(14)18-17(19)21/h3-11H,1-2H3,(H,18,21). The van der Waals surface area contributed by atoms with Crippen molar-refractivity contribution in [1.82, 2.24) is 9.55 Å². The fourth-order valence-corrected chi connectivity index (χ4v) is 2.70. The minimum atomic E-state index is -0.0911. The fourth-order valence-electron chi connectivity index (χ4n) is 2.41. The third-order valence-corrected chi connectivity index (χ3v) is 3.91. The van der Waals surface area contributed by atoms with Crippen molar-refractivity contribution in [3.8, 4) is 5.69 Å². The van der Waals surface area contributed by atoms with Gasteiger partial charge in [-0.1, -0.05) is 38.1 Å². The first-order valence-corrected chi connectivity index (χ1v) is 7.33. The van der Waals surface area contributed by atoms with Crippen LogP contribution in [-0.2, 0) is 0 Å². The zero-order valence-corrected chi connectivity index (χ0v) is 12.8. The molecule has 3 rings (SSSR count). The van der Waals surface area contributed by atoms with Gasteiger partial charge in [0, 0.05) is 0 Å². The van der Waals surface area contributed by atoms with Crippen molar-refractivity contribution in [2.75, 3.05) is 0 Å². The summed E-state index contributed by atoms with van der Waals surface area (Å²) in [6.45, 7) is 4.28. The highest BCUT2D eigenvalue weighted by molar-refractivity contribution is 7.71. The maximum absolute atomic E-state index is 12.6. The van der Waals surface area contributed by atoms with Gasteiger partial charge in [-0.15, -0.1) is 0 Å². The van der Waals surface area contributed by atoms with Gasteiger partial charge in [0.25, 0.3) is 5.56 Å². The Bertz CT molecular complexity index is 904. The van der Waals surface area contributed by atoms with Crippen LogP contribution in [0, 0.1) is 4.77 Å². The summed E-state index contributed by atoms with van der Waals surface area (Å²) in [5, 5.41) is 0.638. The molecule has 106 valence electrons. The van der Waals surface area contributed by atoms with E-state index in [-0.39, 0.29) is 5.56 Å². The maximum atomic E-state index is 12.6. The van der Waals surface area contributed by atoms with Crippen LogP contribution in [0.4, 0.5) is 0 Å². The maximum Gasteiger partial charge on any atom is 0.266 e. The lowest BCUT2D eigenvalue weighted by molar-refractivity contribution is 0.862. The van der Waals surface area contributed by atoms with E-state index in [1.807, 2.05) is 48.5 Å². The molecule has 1 N–H and O–H groups in total. The molecule has 0 aliphatic rings. The summed E-state index contributed by atoms with van der Waals surface area (Å²) in [5.74, 6) is 0.460. The van der Waals surface area contributed by atoms with Gasteiger partial charge >= 0.3 is 0 Å². The fraction of sp³-hybridized carbons (Fsp3) is 0.176. The Morgan fingerprint density at radius 2 is 1.71 bits per heavy atom. The van der Waals surface area contributed by atoms with E-state index in [0.29, 0.717) is 16.1 Å². The predicted molar refractivity (Wildman–Crippen MR) is 88.8 cm³/mol. The molecule has 1 heterocycles. The van der Waals surface area contributed by atoms with Gasteiger partial charge in [-0.05, 0) is 48.0 Å². The van der Waals surface area contributed by atoms with Gasteiger partial charge in [0.05, 0.1) is 16.6 Å². The van der Waals surface area contributed by atoms with E-state index in [0.717, 1.165) is 11.2 Å². The van der Waals surface area contributed by atoms with E-state index in [9.17, 15) is 4.79 Å². The molecule has 0 aliphatic carbocycles. The molecule has 0 radical (unpaired) electrons. The largest absolute Gasteiger partial charge is 0.331 e. The van der Waals surface area contributed by atoms with Crippen molar-refractivity contribution in [3.63, 3.8) is 0 Å². The smallest absolute Gasteiger partial charge is 0.266 e. The van der Waals surface area contributed by atoms with Crippen LogP contribution in [0.25, 0.3) is 16.6 Å². The average molecular weight is 296 g/mol. The van der Waals surface area contributed by atoms with Gasteiger partial charge in [-0.2, -0.15) is 0 Å². The third kappa shape index (κ3) is 2.43. The van der Waals surface area contributed by atoms with Crippen molar-refractivity contribution >= 4 is 23.1 Å². The molecule has 0 atom stereocenters. The van der Waals surface area contributed by atoms with E-state index in [1.165, 1.54) is 5.56 Å². The zero-order chi connectivity index (χ0) is 15.0. The van der Waals surface area contributed by atoms with Crippen LogP contribution >= 0.6 is 12.2 Å². The highest BCUT2D eigenvalue weighted by Crippen LogP contribution is 2.17. The number of fused-ring (bicyclic) bond motifs is 1. The van der Waals surface area contributed by atoms with Crippen LogP contribution in [0.15, 0.2) is 53.3 Å². The van der Waals surface area contributed by atoms with Crippen molar-refractivity contribution in [3.05, 3.63) is 69.2 Å². The van der Waals surface area contributed by atoms with Crippen LogP contribution in [0.5, 0.6) is 0 Å². The van der Waals surface area contributed by atoms with Gasteiger partial charge in [-0.3, -0.25) is 9.36 Å². The van der Waals surface area contributed by atoms with Gasteiger partial charge in [0.1, 0.15) is 0 Å². The molecule has 0 saturated heterocycles. The number of aromatic amines is 1. The minimum Gasteiger partial charge on any atom is -0.331 e. The topological polar surface area (TPSA) is 37.8 Å². The summed E-state index contributed by atoms with van der Waals surface area (Å²) in [6.07, 6.45) is 0. The molecule has 3 nitrogen and oxygen atoms in total. The molecule has 0 spiro atoms. The molecule has 0 amide bonds. The van der Waals surface area contributed by atoms with Crippen molar-refractivity contribution in [2.45, 2.75) is 19.8 Å². The van der Waals surface area contributed by atoms with Crippen LogP contribution in [0.3, 0.4) is 0 Å². The SMILES string of the molecule is CC(C)c1ccc(-n2c(=S)[nH]c3ccccc3c2=O)cc1. The first-order valence-electron chi connectivity index (χ1n) is 6.92. The first-order chi connectivity index (χ1) is 10.1. The Labute approximate surface area is 127 Å². The van der Waals surface area contributed by atoms with Crippen LogP contribution in [-0.4, -0.2) is 9.55 Å². The Morgan fingerprint density at radius 3 is 2.38 bits per heavy atom. The quantitative estimate of drug-likeness (QED) is 0.721. The molecule has 21 heavy (non-hydrogen) atoms. The summed E-state index contributed by atoms with van der Waals surface area (Å²) in [4.78, 5) is 15.8. The van der Waals surface area contributed by atoms with Gasteiger partial charge in [-0.25, -0.2) is 0 Å². The van der Waals surface area contributed by atoms with Gasteiger partial charge in [0.15, 0.2) is 4.77 Å². The van der Waals surface area contributed by atoms with Crippen LogP contribution < -0.4 is 5.56 Å². The van der Waals surface area contributed by atoms with Crippen LogP contribution in [0.2, 0.25) is 0 Å². The summed E-state index contributed by atoms with van der Waals surface area (Å²) < 4.78 is 1.96. The second-order valence-corrected chi connectivity index (χ2v) is 5.75. The molecule has 0 unspecified atom stereocenters. The molecular weight excluding hydrogens is 280 g/mol. The number of hydrogen-bond acceptors (Lipinski definition) is 2. The molecule has 2 aromatic carbocycles. The Morgan fingerprint density at radius 1 is 1.05 bits per heavy atom. The minimum absolute atomic E-state index is 0.0911. The lowest BCUT2D eigenvalue weighted by atomic mass is 10.0. The second-order valence-electron chi connectivity index (χ2n) is 5.36. The summed E-state index contributed by atoms with van der Waals surface area (Å²) in [5.41, 5.74) is 2.70. The number of hydrogen-bond donors (Lipinski definition) is 1. The van der Waals surface area contributed by atoms with E-state index in [1.54, 1.807) is 4.57 Å².